The Morgan fingerprint density at radius 3 is 2.61 bits per heavy atom. The zero-order valence-electron chi connectivity index (χ0n) is 17.5. The maximum atomic E-state index is 12.7. The van der Waals surface area contributed by atoms with Crippen LogP contribution in [0.3, 0.4) is 0 Å². The highest BCUT2D eigenvalue weighted by molar-refractivity contribution is 7.89. The number of ether oxygens (including phenoxy) is 1. The summed E-state index contributed by atoms with van der Waals surface area (Å²) in [6.45, 7) is -0.319. The molecular formula is C21H23ClN2O8S. The fraction of sp³-hybridized carbons (Fsp3) is 0.381. The van der Waals surface area contributed by atoms with Gasteiger partial charge in [0.2, 0.25) is 10.0 Å². The predicted molar refractivity (Wildman–Crippen MR) is 118 cm³/mol. The molecule has 0 spiro atoms. The Morgan fingerprint density at radius 1 is 1.21 bits per heavy atom. The van der Waals surface area contributed by atoms with Crippen molar-refractivity contribution in [1.82, 2.24) is 4.72 Å². The predicted octanol–water partition coefficient (Wildman–Crippen LogP) is 2.78. The van der Waals surface area contributed by atoms with E-state index in [-0.39, 0.29) is 37.0 Å². The van der Waals surface area contributed by atoms with Crippen LogP contribution in [0, 0.1) is 10.1 Å². The molecule has 0 heterocycles. The van der Waals surface area contributed by atoms with Crippen LogP contribution < -0.4 is 9.46 Å². The second-order valence-electron chi connectivity index (χ2n) is 7.49. The number of aliphatic carboxylic acids is 1. The van der Waals surface area contributed by atoms with Crippen LogP contribution in [0.15, 0.2) is 41.3 Å². The molecule has 0 saturated heterocycles. The Hall–Kier alpha value is -2.89. The molecule has 1 unspecified atom stereocenters. The van der Waals surface area contributed by atoms with Crippen LogP contribution in [0.4, 0.5) is 0 Å². The van der Waals surface area contributed by atoms with Gasteiger partial charge in [0, 0.05) is 17.5 Å². The van der Waals surface area contributed by atoms with Crippen molar-refractivity contribution < 1.29 is 33.0 Å². The van der Waals surface area contributed by atoms with Crippen LogP contribution >= 0.6 is 11.6 Å². The smallest absolute Gasteiger partial charge is 0.303 e. The largest absolute Gasteiger partial charge is 0.491 e. The van der Waals surface area contributed by atoms with Crippen molar-refractivity contribution in [3.8, 4) is 5.75 Å². The summed E-state index contributed by atoms with van der Waals surface area (Å²) < 4.78 is 33.8. The molecule has 10 nitrogen and oxygen atoms in total. The van der Waals surface area contributed by atoms with E-state index in [1.54, 1.807) is 6.07 Å². The van der Waals surface area contributed by atoms with Crippen LogP contribution in [-0.2, 0) is 38.9 Å². The molecule has 12 heteroatoms. The molecule has 0 amide bonds. The number of fused-ring (bicyclic) bond motifs is 1. The standard InChI is InChI=1S/C21H23ClN2O8S/c22-15-2-5-17(6-3-15)33(29,30)23-16-4-7-18-14(13-16)1-9-20(19(18)8-10-21(25)26)31-11-12-32-24(27)28/h1-3,5-6,9,16,23H,4,7-8,10-13H2,(H,25,26). The van der Waals surface area contributed by atoms with E-state index < -0.39 is 21.1 Å². The SMILES string of the molecule is O=C(O)CCc1c(OCCO[N+](=O)[O-])ccc2c1CCC(NS(=O)(=O)c1ccc(Cl)cc1)C2. The molecule has 1 aliphatic rings. The van der Waals surface area contributed by atoms with E-state index in [2.05, 4.69) is 9.56 Å². The minimum Gasteiger partial charge on any atom is -0.491 e. The molecule has 3 rings (SSSR count). The van der Waals surface area contributed by atoms with Gasteiger partial charge in [-0.1, -0.05) is 17.7 Å². The van der Waals surface area contributed by atoms with Crippen molar-refractivity contribution in [2.24, 2.45) is 0 Å². The van der Waals surface area contributed by atoms with E-state index in [1.165, 1.54) is 24.3 Å². The highest BCUT2D eigenvalue weighted by Gasteiger charge is 2.27. The molecule has 0 bridgehead atoms. The zero-order valence-corrected chi connectivity index (χ0v) is 19.1. The zero-order chi connectivity index (χ0) is 24.0. The van der Waals surface area contributed by atoms with E-state index in [1.807, 2.05) is 6.07 Å². The third-order valence-electron chi connectivity index (χ3n) is 5.27. The van der Waals surface area contributed by atoms with Gasteiger partial charge in [-0.25, -0.2) is 13.1 Å². The second-order valence-corrected chi connectivity index (χ2v) is 9.64. The number of carbonyl (C=O) groups is 1. The van der Waals surface area contributed by atoms with Crippen molar-refractivity contribution in [2.45, 2.75) is 43.0 Å². The quantitative estimate of drug-likeness (QED) is 0.273. The number of sulfonamides is 1. The molecule has 2 N–H and O–H groups in total. The first-order chi connectivity index (χ1) is 15.7. The first-order valence-corrected chi connectivity index (χ1v) is 12.1. The maximum absolute atomic E-state index is 12.7. The van der Waals surface area contributed by atoms with Crippen LogP contribution in [-0.4, -0.2) is 43.8 Å². The minimum atomic E-state index is -3.72. The van der Waals surface area contributed by atoms with Crippen LogP contribution in [0.5, 0.6) is 5.75 Å². The summed E-state index contributed by atoms with van der Waals surface area (Å²) >= 11 is 5.84. The highest BCUT2D eigenvalue weighted by atomic mass is 35.5. The van der Waals surface area contributed by atoms with Gasteiger partial charge < -0.3 is 14.7 Å². The number of nitrogens with one attached hydrogen (secondary N) is 1. The van der Waals surface area contributed by atoms with Crippen LogP contribution in [0.2, 0.25) is 5.02 Å². The summed E-state index contributed by atoms with van der Waals surface area (Å²) in [6, 6.07) is 9.07. The van der Waals surface area contributed by atoms with Gasteiger partial charge in [0.25, 0.3) is 5.09 Å². The van der Waals surface area contributed by atoms with Crippen molar-refractivity contribution in [1.29, 1.82) is 0 Å². The van der Waals surface area contributed by atoms with Gasteiger partial charge in [-0.15, -0.1) is 10.1 Å². The van der Waals surface area contributed by atoms with E-state index >= 15 is 0 Å². The first-order valence-electron chi connectivity index (χ1n) is 10.2. The lowest BCUT2D eigenvalue weighted by Gasteiger charge is -2.28. The molecule has 33 heavy (non-hydrogen) atoms. The van der Waals surface area contributed by atoms with E-state index in [9.17, 15) is 23.3 Å². The summed E-state index contributed by atoms with van der Waals surface area (Å²) in [5, 5.41) is 18.9. The normalized spacial score (nSPS) is 15.5. The van der Waals surface area contributed by atoms with Gasteiger partial charge in [0.1, 0.15) is 19.0 Å². The lowest BCUT2D eigenvalue weighted by atomic mass is 9.84. The molecule has 1 atom stereocenters. The van der Waals surface area contributed by atoms with Gasteiger partial charge in [-0.3, -0.25) is 4.79 Å². The number of rotatable bonds is 11. The second kappa shape index (κ2) is 10.8. The van der Waals surface area contributed by atoms with Gasteiger partial charge in [-0.2, -0.15) is 0 Å². The fourth-order valence-corrected chi connectivity index (χ4v) is 5.21. The monoisotopic (exact) mass is 498 g/mol. The van der Waals surface area contributed by atoms with Crippen molar-refractivity contribution in [3.05, 3.63) is 68.2 Å². The number of benzene rings is 2. The van der Waals surface area contributed by atoms with Gasteiger partial charge >= 0.3 is 5.97 Å². The number of nitrogens with zero attached hydrogens (tertiary/aromatic N) is 1. The lowest BCUT2D eigenvalue weighted by molar-refractivity contribution is -0.757. The number of carboxylic acids is 1. The molecular weight excluding hydrogens is 476 g/mol. The topological polar surface area (TPSA) is 145 Å². The summed E-state index contributed by atoms with van der Waals surface area (Å²) in [6.07, 6.45) is 1.61. The number of carboxylic acid groups (broad SMARTS) is 1. The van der Waals surface area contributed by atoms with Crippen molar-refractivity contribution in [3.63, 3.8) is 0 Å². The van der Waals surface area contributed by atoms with Crippen LogP contribution in [0.1, 0.15) is 29.5 Å². The summed E-state index contributed by atoms with van der Waals surface area (Å²) in [5.41, 5.74) is 2.54. The molecule has 1 aliphatic carbocycles. The van der Waals surface area contributed by atoms with Crippen LogP contribution in [0.25, 0.3) is 0 Å². The average Bonchev–Trinajstić information content (AvgIpc) is 2.75. The highest BCUT2D eigenvalue weighted by Crippen LogP contribution is 2.33. The summed E-state index contributed by atoms with van der Waals surface area (Å²) in [5.74, 6) is -0.512. The van der Waals surface area contributed by atoms with Gasteiger partial charge in [-0.05, 0) is 72.7 Å². The molecule has 0 saturated carbocycles. The average molecular weight is 499 g/mol. The molecule has 2 aromatic rings. The van der Waals surface area contributed by atoms with Crippen molar-refractivity contribution >= 4 is 27.6 Å². The van der Waals surface area contributed by atoms with E-state index in [4.69, 9.17) is 21.4 Å². The first kappa shape index (κ1) is 24.7. The number of hydrogen-bond donors (Lipinski definition) is 2. The third kappa shape index (κ3) is 6.80. The number of hydrogen-bond acceptors (Lipinski definition) is 7. The Balaban J connectivity index is 1.76. The molecule has 178 valence electrons. The van der Waals surface area contributed by atoms with E-state index in [0.717, 1.165) is 16.7 Å². The van der Waals surface area contributed by atoms with Gasteiger partial charge in [0.05, 0.1) is 4.90 Å². The lowest BCUT2D eigenvalue weighted by Crippen LogP contribution is -2.39. The Kier molecular flexibility index (Phi) is 8.11. The Morgan fingerprint density at radius 2 is 1.94 bits per heavy atom. The Labute approximate surface area is 195 Å². The maximum Gasteiger partial charge on any atom is 0.303 e. The summed E-state index contributed by atoms with van der Waals surface area (Å²) in [7, 11) is -3.72. The fourth-order valence-electron chi connectivity index (χ4n) is 3.82. The molecule has 0 radical (unpaired) electrons. The van der Waals surface area contributed by atoms with Gasteiger partial charge in [0.15, 0.2) is 0 Å². The molecule has 0 aliphatic heterocycles. The molecule has 0 fully saturated rings. The molecule has 0 aromatic heterocycles. The van der Waals surface area contributed by atoms with E-state index in [0.29, 0.717) is 30.0 Å². The third-order valence-corrected chi connectivity index (χ3v) is 7.05. The summed E-state index contributed by atoms with van der Waals surface area (Å²) in [4.78, 5) is 25.8. The molecule has 2 aromatic carbocycles. The minimum absolute atomic E-state index is 0.0661. The number of halogens is 1. The van der Waals surface area contributed by atoms with Crippen molar-refractivity contribution in [2.75, 3.05) is 13.2 Å². The Bertz CT molecular complexity index is 1120.